The maximum Gasteiger partial charge on any atom is 0.336 e. The SMILES string of the molecule is C[Si](C)(C)/C=C1/C=CC(=O)O1. The van der Waals surface area contributed by atoms with Gasteiger partial charge < -0.3 is 4.74 Å². The Morgan fingerprint density at radius 3 is 2.36 bits per heavy atom. The first-order chi connectivity index (χ1) is 4.97. The molecule has 0 saturated carbocycles. The van der Waals surface area contributed by atoms with Crippen LogP contribution in [0.25, 0.3) is 0 Å². The molecular formula is C8H12O2Si. The molecule has 1 aliphatic heterocycles. The van der Waals surface area contributed by atoms with Gasteiger partial charge in [-0.3, -0.25) is 0 Å². The van der Waals surface area contributed by atoms with Crippen molar-refractivity contribution in [1.82, 2.24) is 0 Å². The predicted molar refractivity (Wildman–Crippen MR) is 46.7 cm³/mol. The van der Waals surface area contributed by atoms with Crippen molar-refractivity contribution >= 4 is 14.0 Å². The van der Waals surface area contributed by atoms with Gasteiger partial charge in [-0.1, -0.05) is 25.3 Å². The molecule has 1 rings (SSSR count). The Hall–Kier alpha value is -0.833. The fraction of sp³-hybridized carbons (Fsp3) is 0.375. The monoisotopic (exact) mass is 168 g/mol. The lowest BCUT2D eigenvalue weighted by Gasteiger charge is -2.09. The average molecular weight is 168 g/mol. The zero-order valence-corrected chi connectivity index (χ0v) is 8.05. The molecule has 60 valence electrons. The van der Waals surface area contributed by atoms with Gasteiger partial charge in [0, 0.05) is 6.08 Å². The lowest BCUT2D eigenvalue weighted by atomic mass is 10.5. The molecule has 0 atom stereocenters. The Balaban J connectivity index is 2.71. The van der Waals surface area contributed by atoms with Crippen LogP contribution in [0.4, 0.5) is 0 Å². The summed E-state index contributed by atoms with van der Waals surface area (Å²) in [5, 5.41) is 0. The van der Waals surface area contributed by atoms with Crippen LogP contribution in [-0.4, -0.2) is 14.0 Å². The molecule has 3 heteroatoms. The highest BCUT2D eigenvalue weighted by Gasteiger charge is 2.15. The fourth-order valence-corrected chi connectivity index (χ4v) is 1.85. The van der Waals surface area contributed by atoms with Gasteiger partial charge in [0.2, 0.25) is 0 Å². The number of carbonyl (C=O) groups excluding carboxylic acids is 1. The Labute approximate surface area is 67.6 Å². The molecule has 1 heterocycles. The summed E-state index contributed by atoms with van der Waals surface area (Å²) in [5.41, 5.74) is 2.06. The molecule has 0 aromatic rings. The van der Waals surface area contributed by atoms with E-state index >= 15 is 0 Å². The number of hydrogen-bond acceptors (Lipinski definition) is 2. The molecule has 11 heavy (non-hydrogen) atoms. The van der Waals surface area contributed by atoms with Crippen molar-refractivity contribution in [3.63, 3.8) is 0 Å². The Bertz CT molecular complexity index is 233. The van der Waals surface area contributed by atoms with E-state index < -0.39 is 8.07 Å². The molecule has 0 aromatic carbocycles. The van der Waals surface area contributed by atoms with Crippen LogP contribution in [-0.2, 0) is 9.53 Å². The summed E-state index contributed by atoms with van der Waals surface area (Å²) in [6.45, 7) is 6.58. The van der Waals surface area contributed by atoms with Crippen LogP contribution in [0.15, 0.2) is 23.6 Å². The molecule has 1 aliphatic rings. The van der Waals surface area contributed by atoms with E-state index in [0.29, 0.717) is 5.76 Å². The Morgan fingerprint density at radius 1 is 1.36 bits per heavy atom. The summed E-state index contributed by atoms with van der Waals surface area (Å²) in [6.07, 6.45) is 3.17. The standard InChI is InChI=1S/C8H12O2Si/c1-11(2,3)6-7-4-5-8(9)10-7/h4-6H,1-3H3/b7-6-. The van der Waals surface area contributed by atoms with Crippen LogP contribution < -0.4 is 0 Å². The molecule has 0 N–H and O–H groups in total. The normalized spacial score (nSPS) is 21.0. The Kier molecular flexibility index (Phi) is 2.00. The van der Waals surface area contributed by atoms with E-state index in [0.717, 1.165) is 0 Å². The van der Waals surface area contributed by atoms with E-state index in [2.05, 4.69) is 25.3 Å². The van der Waals surface area contributed by atoms with Crippen LogP contribution in [0.3, 0.4) is 0 Å². The van der Waals surface area contributed by atoms with Gasteiger partial charge in [-0.15, -0.1) is 0 Å². The minimum Gasteiger partial charge on any atom is -0.424 e. The lowest BCUT2D eigenvalue weighted by Crippen LogP contribution is -2.16. The maximum atomic E-state index is 10.6. The zero-order chi connectivity index (χ0) is 8.48. The third kappa shape index (κ3) is 2.72. The first kappa shape index (κ1) is 8.27. The minimum absolute atomic E-state index is 0.255. The molecule has 0 fully saturated rings. The third-order valence-corrected chi connectivity index (χ3v) is 2.33. The second-order valence-corrected chi connectivity index (χ2v) is 8.69. The average Bonchev–Trinajstić information content (AvgIpc) is 2.10. The first-order valence-corrected chi connectivity index (χ1v) is 7.18. The second-order valence-electron chi connectivity index (χ2n) is 3.67. The third-order valence-electron chi connectivity index (χ3n) is 1.18. The van der Waals surface area contributed by atoms with Crippen molar-refractivity contribution in [3.05, 3.63) is 23.6 Å². The van der Waals surface area contributed by atoms with Crippen molar-refractivity contribution in [2.24, 2.45) is 0 Å². The molecule has 0 unspecified atom stereocenters. The van der Waals surface area contributed by atoms with E-state index in [1.54, 1.807) is 6.08 Å². The van der Waals surface area contributed by atoms with E-state index in [1.807, 2.05) is 0 Å². The van der Waals surface area contributed by atoms with Gasteiger partial charge in [0.15, 0.2) is 0 Å². The molecule has 0 amide bonds. The van der Waals surface area contributed by atoms with Crippen LogP contribution in [0.5, 0.6) is 0 Å². The van der Waals surface area contributed by atoms with Crippen molar-refractivity contribution < 1.29 is 9.53 Å². The van der Waals surface area contributed by atoms with Crippen molar-refractivity contribution in [1.29, 1.82) is 0 Å². The number of ether oxygens (including phenoxy) is 1. The molecule has 0 saturated heterocycles. The van der Waals surface area contributed by atoms with E-state index in [4.69, 9.17) is 4.74 Å². The molecule has 0 spiro atoms. The van der Waals surface area contributed by atoms with Crippen molar-refractivity contribution in [2.45, 2.75) is 19.6 Å². The Morgan fingerprint density at radius 2 is 2.00 bits per heavy atom. The van der Waals surface area contributed by atoms with Gasteiger partial charge in [-0.2, -0.15) is 0 Å². The molecule has 2 nitrogen and oxygen atoms in total. The van der Waals surface area contributed by atoms with Crippen molar-refractivity contribution in [2.75, 3.05) is 0 Å². The molecule has 0 bridgehead atoms. The number of allylic oxidation sites excluding steroid dienone is 1. The smallest absolute Gasteiger partial charge is 0.336 e. The van der Waals surface area contributed by atoms with E-state index in [-0.39, 0.29) is 5.97 Å². The first-order valence-electron chi connectivity index (χ1n) is 3.60. The highest BCUT2D eigenvalue weighted by molar-refractivity contribution is 6.81. The number of rotatable bonds is 1. The number of carbonyl (C=O) groups is 1. The highest BCUT2D eigenvalue weighted by atomic mass is 28.3. The molecule has 0 aliphatic carbocycles. The van der Waals surface area contributed by atoms with E-state index in [9.17, 15) is 4.79 Å². The van der Waals surface area contributed by atoms with Gasteiger partial charge >= 0.3 is 5.97 Å². The van der Waals surface area contributed by atoms with Crippen molar-refractivity contribution in [3.8, 4) is 0 Å². The van der Waals surface area contributed by atoms with Gasteiger partial charge in [0.1, 0.15) is 5.76 Å². The molecule has 0 radical (unpaired) electrons. The van der Waals surface area contributed by atoms with Gasteiger partial charge in [0.05, 0.1) is 8.07 Å². The second kappa shape index (κ2) is 2.66. The lowest BCUT2D eigenvalue weighted by molar-refractivity contribution is -0.132. The summed E-state index contributed by atoms with van der Waals surface area (Å²) < 4.78 is 4.88. The van der Waals surface area contributed by atoms with Gasteiger partial charge in [-0.25, -0.2) is 4.79 Å². The largest absolute Gasteiger partial charge is 0.424 e. The van der Waals surface area contributed by atoms with Crippen LogP contribution in [0.2, 0.25) is 19.6 Å². The highest BCUT2D eigenvalue weighted by Crippen LogP contribution is 2.13. The van der Waals surface area contributed by atoms with Gasteiger partial charge in [-0.05, 0) is 6.08 Å². The summed E-state index contributed by atoms with van der Waals surface area (Å²) in [4.78, 5) is 10.6. The van der Waals surface area contributed by atoms with Crippen LogP contribution >= 0.6 is 0 Å². The fourth-order valence-electron chi connectivity index (χ4n) is 0.839. The number of esters is 1. The zero-order valence-electron chi connectivity index (χ0n) is 7.05. The maximum absolute atomic E-state index is 10.6. The van der Waals surface area contributed by atoms with Crippen LogP contribution in [0.1, 0.15) is 0 Å². The predicted octanol–water partition coefficient (Wildman–Crippen LogP) is 1.86. The topological polar surface area (TPSA) is 26.3 Å². The number of cyclic esters (lactones) is 1. The van der Waals surface area contributed by atoms with Crippen LogP contribution in [0, 0.1) is 0 Å². The number of hydrogen-bond donors (Lipinski definition) is 0. The minimum atomic E-state index is -1.24. The molecular weight excluding hydrogens is 156 g/mol. The van der Waals surface area contributed by atoms with E-state index in [1.165, 1.54) is 6.08 Å². The molecule has 0 aromatic heterocycles. The van der Waals surface area contributed by atoms with Gasteiger partial charge in [0.25, 0.3) is 0 Å². The quantitative estimate of drug-likeness (QED) is 0.441. The summed E-state index contributed by atoms with van der Waals surface area (Å²) in [7, 11) is -1.24. The summed E-state index contributed by atoms with van der Waals surface area (Å²) in [5.74, 6) is 0.462. The summed E-state index contributed by atoms with van der Waals surface area (Å²) in [6, 6.07) is 0. The summed E-state index contributed by atoms with van der Waals surface area (Å²) >= 11 is 0.